The van der Waals surface area contributed by atoms with Crippen LogP contribution in [-0.4, -0.2) is 30.4 Å². The van der Waals surface area contributed by atoms with E-state index in [1.165, 1.54) is 7.05 Å². The number of amides is 2. The monoisotopic (exact) mass is 429 g/mol. The topological polar surface area (TPSA) is 62.3 Å². The van der Waals surface area contributed by atoms with Crippen LogP contribution in [0.2, 0.25) is 20.2 Å². The summed E-state index contributed by atoms with van der Waals surface area (Å²) >= 11 is 23.9. The molecule has 2 rings (SSSR count). The van der Waals surface area contributed by atoms with Crippen molar-refractivity contribution in [2.24, 2.45) is 0 Å². The van der Waals surface area contributed by atoms with Crippen LogP contribution in [0.4, 0.5) is 5.69 Å². The second-order valence-electron chi connectivity index (χ2n) is 4.95. The minimum absolute atomic E-state index is 0.0675. The number of rotatable bonds is 4. The highest BCUT2D eigenvalue weighted by atomic mass is 35.5. The van der Waals surface area contributed by atoms with Crippen LogP contribution in [0.1, 0.15) is 16.1 Å². The lowest BCUT2D eigenvalue weighted by molar-refractivity contribution is -0.119. The van der Waals surface area contributed by atoms with Gasteiger partial charge in [0.2, 0.25) is 5.91 Å². The zero-order chi connectivity index (χ0) is 19.4. The molecule has 1 N–H and O–H groups in total. The van der Waals surface area contributed by atoms with E-state index in [0.29, 0.717) is 11.3 Å². The summed E-state index contributed by atoms with van der Waals surface area (Å²) in [7, 11) is 1.45. The van der Waals surface area contributed by atoms with Gasteiger partial charge in [0.1, 0.15) is 11.7 Å². The van der Waals surface area contributed by atoms with E-state index in [9.17, 15) is 9.59 Å². The third-order valence-electron chi connectivity index (χ3n) is 3.34. The number of nitrogens with zero attached hydrogens (tertiary/aromatic N) is 2. The number of likely N-dealkylation sites (N-methyl/N-ethyl adjacent to an activating group) is 1. The molecule has 0 saturated carbocycles. The smallest absolute Gasteiger partial charge is 0.279 e. The number of halogens is 4. The molecule has 9 heteroatoms. The van der Waals surface area contributed by atoms with Gasteiger partial charge < -0.3 is 5.32 Å². The van der Waals surface area contributed by atoms with Crippen LogP contribution in [0.5, 0.6) is 0 Å². The van der Waals surface area contributed by atoms with E-state index in [1.54, 1.807) is 24.3 Å². The molecule has 26 heavy (non-hydrogen) atoms. The summed E-state index contributed by atoms with van der Waals surface area (Å²) in [5, 5.41) is 1.93. The maximum absolute atomic E-state index is 13.0. The van der Waals surface area contributed by atoms with Crippen molar-refractivity contribution in [3.8, 4) is 12.3 Å². The van der Waals surface area contributed by atoms with Gasteiger partial charge >= 0.3 is 0 Å². The highest BCUT2D eigenvalue weighted by Crippen LogP contribution is 2.36. The van der Waals surface area contributed by atoms with E-state index < -0.39 is 11.8 Å². The molecule has 2 amide bonds. The van der Waals surface area contributed by atoms with Crippen molar-refractivity contribution in [2.45, 2.75) is 0 Å². The molecule has 2 aromatic rings. The highest BCUT2D eigenvalue weighted by molar-refractivity contribution is 6.52. The lowest BCUT2D eigenvalue weighted by Gasteiger charge is -2.22. The average Bonchev–Trinajstić information content (AvgIpc) is 2.66. The first-order valence-electron chi connectivity index (χ1n) is 7.09. The van der Waals surface area contributed by atoms with Crippen LogP contribution in [0, 0.1) is 12.3 Å². The molecule has 0 spiro atoms. The van der Waals surface area contributed by atoms with Crippen molar-refractivity contribution >= 4 is 63.9 Å². The molecular weight excluding hydrogens is 420 g/mol. The summed E-state index contributed by atoms with van der Waals surface area (Å²) in [6.07, 6.45) is 5.40. The fourth-order valence-electron chi connectivity index (χ4n) is 2.02. The molecule has 1 aromatic heterocycles. The lowest BCUT2D eigenvalue weighted by atomic mass is 10.2. The minimum Gasteiger partial charge on any atom is -0.358 e. The lowest BCUT2D eigenvalue weighted by Crippen LogP contribution is -2.40. The SMILES string of the molecule is C#Cc1cccc(N(CC(=O)NC)C(=O)c2nc(Cl)c(Cl)c(Cl)c2Cl)c1. The minimum atomic E-state index is -0.687. The Morgan fingerprint density at radius 3 is 2.50 bits per heavy atom. The Hall–Kier alpha value is -1.97. The summed E-state index contributed by atoms with van der Waals surface area (Å²) < 4.78 is 0. The molecule has 0 aliphatic carbocycles. The van der Waals surface area contributed by atoms with Gasteiger partial charge in [0.25, 0.3) is 5.91 Å². The number of anilines is 1. The molecule has 1 heterocycles. The van der Waals surface area contributed by atoms with Crippen molar-refractivity contribution in [2.75, 3.05) is 18.5 Å². The maximum atomic E-state index is 13.0. The predicted molar refractivity (Wildman–Crippen MR) is 104 cm³/mol. The van der Waals surface area contributed by atoms with Crippen LogP contribution in [0.15, 0.2) is 24.3 Å². The predicted octanol–water partition coefficient (Wildman–Crippen LogP) is 4.07. The molecule has 0 saturated heterocycles. The number of benzene rings is 1. The maximum Gasteiger partial charge on any atom is 0.279 e. The highest BCUT2D eigenvalue weighted by Gasteiger charge is 2.27. The average molecular weight is 431 g/mol. The van der Waals surface area contributed by atoms with Crippen molar-refractivity contribution in [3.63, 3.8) is 0 Å². The van der Waals surface area contributed by atoms with Crippen molar-refractivity contribution < 1.29 is 9.59 Å². The molecule has 0 aliphatic heterocycles. The molecule has 1 aromatic carbocycles. The van der Waals surface area contributed by atoms with Gasteiger partial charge in [-0.3, -0.25) is 14.5 Å². The summed E-state index contributed by atoms with van der Waals surface area (Å²) in [5.41, 5.74) is 0.679. The molecule has 134 valence electrons. The van der Waals surface area contributed by atoms with Gasteiger partial charge in [0, 0.05) is 18.3 Å². The number of hydrogen-bond acceptors (Lipinski definition) is 3. The molecule has 0 radical (unpaired) electrons. The Morgan fingerprint density at radius 2 is 1.88 bits per heavy atom. The number of carbonyl (C=O) groups excluding carboxylic acids is 2. The van der Waals surface area contributed by atoms with Gasteiger partial charge in [-0.25, -0.2) is 4.98 Å². The molecule has 0 atom stereocenters. The normalized spacial score (nSPS) is 10.2. The molecular formula is C17H11Cl4N3O2. The van der Waals surface area contributed by atoms with Crippen LogP contribution in [0.3, 0.4) is 0 Å². The Balaban J connectivity index is 2.57. The van der Waals surface area contributed by atoms with E-state index in [4.69, 9.17) is 52.8 Å². The number of pyridine rings is 1. The second-order valence-corrected chi connectivity index (χ2v) is 6.44. The molecule has 0 aliphatic rings. The zero-order valence-corrected chi connectivity index (χ0v) is 16.3. The second kappa shape index (κ2) is 8.61. The standard InChI is InChI=1S/C17H11Cl4N3O2/c1-3-9-5-4-6-10(7-9)24(8-11(25)22-2)17(26)15-13(19)12(18)14(20)16(21)23-15/h1,4-7H,8H2,2H3,(H,22,25). The van der Waals surface area contributed by atoms with Gasteiger partial charge in [-0.15, -0.1) is 6.42 Å². The molecule has 5 nitrogen and oxygen atoms in total. The zero-order valence-electron chi connectivity index (χ0n) is 13.3. The number of nitrogens with one attached hydrogen (secondary N) is 1. The van der Waals surface area contributed by atoms with E-state index in [2.05, 4.69) is 16.2 Å². The van der Waals surface area contributed by atoms with Gasteiger partial charge in [-0.1, -0.05) is 58.4 Å². The van der Waals surface area contributed by atoms with Crippen molar-refractivity contribution in [1.29, 1.82) is 0 Å². The van der Waals surface area contributed by atoms with Crippen LogP contribution in [-0.2, 0) is 4.79 Å². The van der Waals surface area contributed by atoms with Gasteiger partial charge in [0.05, 0.1) is 15.1 Å². The summed E-state index contributed by atoms with van der Waals surface area (Å²) in [5.74, 6) is 1.37. The Kier molecular flexibility index (Phi) is 6.74. The molecule has 0 bridgehead atoms. The quantitative estimate of drug-likeness (QED) is 0.587. The van der Waals surface area contributed by atoms with Crippen LogP contribution < -0.4 is 10.2 Å². The van der Waals surface area contributed by atoms with Crippen LogP contribution >= 0.6 is 46.4 Å². The fourth-order valence-corrected chi connectivity index (χ4v) is 2.83. The first kappa shape index (κ1) is 20.3. The van der Waals surface area contributed by atoms with E-state index in [0.717, 1.165) is 4.90 Å². The first-order chi connectivity index (χ1) is 12.3. The van der Waals surface area contributed by atoms with Crippen LogP contribution in [0.25, 0.3) is 0 Å². The number of carbonyl (C=O) groups is 2. The third kappa shape index (κ3) is 4.22. The van der Waals surface area contributed by atoms with E-state index in [1.807, 2.05) is 0 Å². The van der Waals surface area contributed by atoms with Gasteiger partial charge in [-0.05, 0) is 18.2 Å². The molecule has 0 fully saturated rings. The number of hydrogen-bond donors (Lipinski definition) is 1. The third-order valence-corrected chi connectivity index (χ3v) is 5.01. The Morgan fingerprint density at radius 1 is 1.19 bits per heavy atom. The Bertz CT molecular complexity index is 925. The fraction of sp³-hybridized carbons (Fsp3) is 0.118. The Labute approximate surface area is 170 Å². The van der Waals surface area contributed by atoms with E-state index in [-0.39, 0.29) is 32.5 Å². The van der Waals surface area contributed by atoms with E-state index >= 15 is 0 Å². The summed E-state index contributed by atoms with van der Waals surface area (Å²) in [6.45, 7) is -0.292. The first-order valence-corrected chi connectivity index (χ1v) is 8.60. The molecule has 0 unspecified atom stereocenters. The number of aromatic nitrogens is 1. The van der Waals surface area contributed by atoms with Crippen molar-refractivity contribution in [1.82, 2.24) is 10.3 Å². The van der Waals surface area contributed by atoms with Gasteiger partial charge in [-0.2, -0.15) is 0 Å². The summed E-state index contributed by atoms with van der Waals surface area (Å²) in [4.78, 5) is 30.0. The number of terminal acetylenes is 1. The van der Waals surface area contributed by atoms with Crippen molar-refractivity contribution in [3.05, 3.63) is 55.7 Å². The largest absolute Gasteiger partial charge is 0.358 e. The summed E-state index contributed by atoms with van der Waals surface area (Å²) in [6, 6.07) is 6.54. The van der Waals surface area contributed by atoms with Gasteiger partial charge in [0.15, 0.2) is 5.69 Å².